The van der Waals surface area contributed by atoms with Crippen molar-refractivity contribution < 1.29 is 13.2 Å². The summed E-state index contributed by atoms with van der Waals surface area (Å²) in [6.45, 7) is 0. The summed E-state index contributed by atoms with van der Waals surface area (Å²) in [6.07, 6.45) is 1.81. The molecule has 0 aliphatic heterocycles. The van der Waals surface area contributed by atoms with Crippen LogP contribution in [-0.4, -0.2) is 20.2 Å². The second-order valence-corrected chi connectivity index (χ2v) is 6.78. The van der Waals surface area contributed by atoms with Gasteiger partial charge in [0.15, 0.2) is 0 Å². The highest BCUT2D eigenvalue weighted by Gasteiger charge is 2.25. The lowest BCUT2D eigenvalue weighted by molar-refractivity contribution is -0.120. The van der Waals surface area contributed by atoms with Gasteiger partial charge >= 0.3 is 0 Å². The summed E-state index contributed by atoms with van der Waals surface area (Å²) >= 11 is 5.91. The molecule has 5 nitrogen and oxygen atoms in total. The number of sulfonamides is 1. The first-order chi connectivity index (χ1) is 9.42. The van der Waals surface area contributed by atoms with Crippen molar-refractivity contribution in [2.45, 2.75) is 36.6 Å². The number of ketones is 1. The average Bonchev–Trinajstić information content (AvgIpc) is 2.40. The molecular formula is C13H13ClN2O3S. The van der Waals surface area contributed by atoms with E-state index in [0.717, 1.165) is 0 Å². The monoisotopic (exact) mass is 312 g/mol. The summed E-state index contributed by atoms with van der Waals surface area (Å²) in [5.41, 5.74) is 0.303. The van der Waals surface area contributed by atoms with Crippen molar-refractivity contribution in [3.63, 3.8) is 0 Å². The number of benzene rings is 1. The van der Waals surface area contributed by atoms with Crippen molar-refractivity contribution in [1.29, 1.82) is 5.26 Å². The van der Waals surface area contributed by atoms with Crippen LogP contribution in [0.5, 0.6) is 0 Å². The maximum Gasteiger partial charge on any atom is 0.242 e. The number of Topliss-reactive ketones (excluding diaryl/α,β-unsaturated/α-hetero) is 1. The molecule has 0 bridgehead atoms. The molecule has 20 heavy (non-hydrogen) atoms. The second kappa shape index (κ2) is 5.92. The van der Waals surface area contributed by atoms with Crippen LogP contribution in [0, 0.1) is 11.3 Å². The Morgan fingerprint density at radius 2 is 1.95 bits per heavy atom. The van der Waals surface area contributed by atoms with E-state index in [4.69, 9.17) is 16.9 Å². The Bertz CT molecular complexity index is 669. The van der Waals surface area contributed by atoms with Crippen molar-refractivity contribution in [1.82, 2.24) is 4.72 Å². The van der Waals surface area contributed by atoms with Crippen LogP contribution in [0.15, 0.2) is 23.1 Å². The van der Waals surface area contributed by atoms with E-state index >= 15 is 0 Å². The van der Waals surface area contributed by atoms with E-state index in [9.17, 15) is 13.2 Å². The maximum absolute atomic E-state index is 12.2. The Kier molecular flexibility index (Phi) is 4.43. The molecule has 1 aliphatic rings. The van der Waals surface area contributed by atoms with Gasteiger partial charge in [0.25, 0.3) is 0 Å². The van der Waals surface area contributed by atoms with Crippen molar-refractivity contribution >= 4 is 27.4 Å². The van der Waals surface area contributed by atoms with Crippen molar-refractivity contribution in [2.75, 3.05) is 0 Å². The summed E-state index contributed by atoms with van der Waals surface area (Å²) in [5.74, 6) is 0.164. The predicted molar refractivity (Wildman–Crippen MR) is 73.8 cm³/mol. The number of halogens is 1. The fourth-order valence-corrected chi connectivity index (χ4v) is 3.98. The molecule has 1 aromatic rings. The van der Waals surface area contributed by atoms with E-state index in [0.29, 0.717) is 31.2 Å². The molecule has 0 radical (unpaired) electrons. The minimum Gasteiger partial charge on any atom is -0.300 e. The molecule has 2 rings (SSSR count). The van der Waals surface area contributed by atoms with E-state index in [1.807, 2.05) is 6.07 Å². The molecule has 1 saturated carbocycles. The number of hydrogen-bond acceptors (Lipinski definition) is 4. The van der Waals surface area contributed by atoms with E-state index in [-0.39, 0.29) is 21.7 Å². The van der Waals surface area contributed by atoms with Crippen molar-refractivity contribution in [2.24, 2.45) is 0 Å². The smallest absolute Gasteiger partial charge is 0.242 e. The number of carbonyl (C=O) groups excluding carboxylic acids is 1. The lowest BCUT2D eigenvalue weighted by Gasteiger charge is -2.22. The molecule has 1 aliphatic carbocycles. The Labute approximate surface area is 122 Å². The van der Waals surface area contributed by atoms with Gasteiger partial charge in [-0.05, 0) is 31.0 Å². The lowest BCUT2D eigenvalue weighted by atomic mass is 9.95. The summed E-state index contributed by atoms with van der Waals surface area (Å²) in [7, 11) is -3.74. The number of nitrogens with one attached hydrogen (secondary N) is 1. The van der Waals surface area contributed by atoms with Crippen LogP contribution in [0.4, 0.5) is 0 Å². The molecular weight excluding hydrogens is 300 g/mol. The molecule has 0 atom stereocenters. The van der Waals surface area contributed by atoms with Crippen molar-refractivity contribution in [3.8, 4) is 6.07 Å². The first-order valence-electron chi connectivity index (χ1n) is 6.16. The van der Waals surface area contributed by atoms with Gasteiger partial charge in [0.05, 0.1) is 16.7 Å². The topological polar surface area (TPSA) is 87.0 Å². The molecule has 1 aromatic carbocycles. The molecule has 0 saturated heterocycles. The van der Waals surface area contributed by atoms with Crippen LogP contribution in [0.3, 0.4) is 0 Å². The molecule has 1 fully saturated rings. The zero-order chi connectivity index (χ0) is 14.8. The molecule has 0 unspecified atom stereocenters. The number of carbonyl (C=O) groups is 1. The largest absolute Gasteiger partial charge is 0.300 e. The first-order valence-corrected chi connectivity index (χ1v) is 8.02. The van der Waals surface area contributed by atoms with Crippen LogP contribution in [0.25, 0.3) is 0 Å². The zero-order valence-corrected chi connectivity index (χ0v) is 12.2. The summed E-state index contributed by atoms with van der Waals surface area (Å²) in [5, 5.41) is 8.75. The highest BCUT2D eigenvalue weighted by atomic mass is 35.5. The minimum absolute atomic E-state index is 0.0171. The number of hydrogen-bond donors (Lipinski definition) is 1. The summed E-state index contributed by atoms with van der Waals surface area (Å²) in [6, 6.07) is 5.69. The van der Waals surface area contributed by atoms with Crippen LogP contribution in [0.1, 0.15) is 31.2 Å². The third-order valence-corrected chi connectivity index (χ3v) is 5.22. The number of nitrogens with zero attached hydrogens (tertiary/aromatic N) is 1. The number of nitriles is 1. The van der Waals surface area contributed by atoms with Gasteiger partial charge in [-0.25, -0.2) is 13.1 Å². The fraction of sp³-hybridized carbons (Fsp3) is 0.385. The molecule has 0 heterocycles. The standard InChI is InChI=1S/C13H13ClN2O3S/c14-12-7-9(8-15)1-6-13(12)20(18,19)16-10-2-4-11(17)5-3-10/h1,6-7,10,16H,2-5H2. The SMILES string of the molecule is N#Cc1ccc(S(=O)(=O)NC2CCC(=O)CC2)c(Cl)c1. The van der Waals surface area contributed by atoms with E-state index in [1.54, 1.807) is 0 Å². The number of rotatable bonds is 3. The van der Waals surface area contributed by atoms with Gasteiger partial charge in [0, 0.05) is 18.9 Å². The Morgan fingerprint density at radius 3 is 2.50 bits per heavy atom. The first kappa shape index (κ1) is 15.0. The normalized spacial score (nSPS) is 16.9. The van der Waals surface area contributed by atoms with Crippen LogP contribution >= 0.6 is 11.6 Å². The highest BCUT2D eigenvalue weighted by molar-refractivity contribution is 7.89. The van der Waals surface area contributed by atoms with Gasteiger partial charge in [-0.15, -0.1) is 0 Å². The Balaban J connectivity index is 2.18. The van der Waals surface area contributed by atoms with E-state index < -0.39 is 10.0 Å². The predicted octanol–water partition coefficient (Wildman–Crippen LogP) is 2.00. The second-order valence-electron chi connectivity index (χ2n) is 4.69. The Hall–Kier alpha value is -1.42. The molecule has 0 aromatic heterocycles. The van der Waals surface area contributed by atoms with Crippen LogP contribution in [0.2, 0.25) is 5.02 Å². The average molecular weight is 313 g/mol. The van der Waals surface area contributed by atoms with Gasteiger partial charge in [0.2, 0.25) is 10.0 Å². The van der Waals surface area contributed by atoms with Crippen LogP contribution < -0.4 is 4.72 Å². The minimum atomic E-state index is -3.74. The molecule has 7 heteroatoms. The quantitative estimate of drug-likeness (QED) is 0.924. The Morgan fingerprint density at radius 1 is 1.30 bits per heavy atom. The van der Waals surface area contributed by atoms with Gasteiger partial charge in [-0.3, -0.25) is 4.79 Å². The molecule has 0 amide bonds. The van der Waals surface area contributed by atoms with Gasteiger partial charge in [0.1, 0.15) is 10.7 Å². The molecule has 0 spiro atoms. The maximum atomic E-state index is 12.2. The van der Waals surface area contributed by atoms with Gasteiger partial charge < -0.3 is 0 Å². The zero-order valence-electron chi connectivity index (χ0n) is 10.6. The third-order valence-electron chi connectivity index (χ3n) is 3.22. The van der Waals surface area contributed by atoms with Gasteiger partial charge in [-0.1, -0.05) is 11.6 Å². The molecule has 1 N–H and O–H groups in total. The highest BCUT2D eigenvalue weighted by Crippen LogP contribution is 2.24. The summed E-state index contributed by atoms with van der Waals surface area (Å²) < 4.78 is 27.0. The van der Waals surface area contributed by atoms with Crippen LogP contribution in [-0.2, 0) is 14.8 Å². The van der Waals surface area contributed by atoms with E-state index in [1.165, 1.54) is 18.2 Å². The third kappa shape index (κ3) is 3.37. The van der Waals surface area contributed by atoms with E-state index in [2.05, 4.69) is 4.72 Å². The fourth-order valence-electron chi connectivity index (χ4n) is 2.13. The van der Waals surface area contributed by atoms with Gasteiger partial charge in [-0.2, -0.15) is 5.26 Å². The lowest BCUT2D eigenvalue weighted by Crippen LogP contribution is -2.37. The molecule has 106 valence electrons. The summed E-state index contributed by atoms with van der Waals surface area (Å²) in [4.78, 5) is 11.1. The van der Waals surface area contributed by atoms with Crippen molar-refractivity contribution in [3.05, 3.63) is 28.8 Å².